The van der Waals surface area contributed by atoms with E-state index in [0.29, 0.717) is 17.4 Å². The van der Waals surface area contributed by atoms with Crippen LogP contribution in [0, 0.1) is 0 Å². The normalized spacial score (nSPS) is 11.6. The number of carbonyl (C=O) groups excluding carboxylic acids is 2. The first-order valence-electron chi connectivity index (χ1n) is 8.71. The van der Waals surface area contributed by atoms with Crippen LogP contribution in [-0.2, 0) is 14.3 Å². The molecule has 2 rings (SSSR count). The molecule has 1 N–H and O–H groups in total. The van der Waals surface area contributed by atoms with Crippen molar-refractivity contribution < 1.29 is 19.1 Å². The number of esters is 1. The molecule has 0 radical (unpaired) electrons. The van der Waals surface area contributed by atoms with Crippen molar-refractivity contribution in [2.75, 3.05) is 13.2 Å². The molecule has 0 fully saturated rings. The molecule has 0 saturated carbocycles. The molecule has 0 unspecified atom stereocenters. The number of amides is 1. The standard InChI is InChI=1S/C22H22ClNO4/c1-3-13-27-20-10-7-17(8-11-20)9-12-22(26)28-15-21(25)24-16(2)18-5-4-6-19(23)14-18/h3-12,14,16H,1,13,15H2,2H3,(H,24,25)/b12-9+/t16-/m1/s1. The summed E-state index contributed by atoms with van der Waals surface area (Å²) in [6.45, 7) is 5.48. The zero-order valence-electron chi connectivity index (χ0n) is 15.6. The minimum atomic E-state index is -0.599. The van der Waals surface area contributed by atoms with Crippen LogP contribution in [0.3, 0.4) is 0 Å². The van der Waals surface area contributed by atoms with Crippen LogP contribution >= 0.6 is 11.6 Å². The van der Waals surface area contributed by atoms with Crippen LogP contribution in [0.2, 0.25) is 5.02 Å². The number of ether oxygens (including phenoxy) is 2. The molecule has 0 heterocycles. The zero-order valence-corrected chi connectivity index (χ0v) is 16.3. The Balaban J connectivity index is 1.77. The fourth-order valence-corrected chi connectivity index (χ4v) is 2.52. The summed E-state index contributed by atoms with van der Waals surface area (Å²) in [7, 11) is 0. The van der Waals surface area contributed by atoms with E-state index in [-0.39, 0.29) is 12.6 Å². The van der Waals surface area contributed by atoms with E-state index in [0.717, 1.165) is 11.1 Å². The highest BCUT2D eigenvalue weighted by Crippen LogP contribution is 2.17. The van der Waals surface area contributed by atoms with E-state index in [4.69, 9.17) is 21.1 Å². The van der Waals surface area contributed by atoms with Gasteiger partial charge in [0.25, 0.3) is 5.91 Å². The molecule has 2 aromatic rings. The van der Waals surface area contributed by atoms with Gasteiger partial charge in [-0.25, -0.2) is 4.79 Å². The van der Waals surface area contributed by atoms with Crippen molar-refractivity contribution in [2.45, 2.75) is 13.0 Å². The van der Waals surface area contributed by atoms with Crippen molar-refractivity contribution in [1.82, 2.24) is 5.32 Å². The van der Waals surface area contributed by atoms with E-state index in [1.54, 1.807) is 36.4 Å². The second kappa shape index (κ2) is 10.9. The molecule has 146 valence electrons. The molecule has 2 aromatic carbocycles. The SMILES string of the molecule is C=CCOc1ccc(/C=C/C(=O)OCC(=O)N[C@H](C)c2cccc(Cl)c2)cc1. The van der Waals surface area contributed by atoms with E-state index in [1.807, 2.05) is 31.2 Å². The highest BCUT2D eigenvalue weighted by molar-refractivity contribution is 6.30. The van der Waals surface area contributed by atoms with Crippen molar-refractivity contribution >= 4 is 29.6 Å². The molecule has 0 bridgehead atoms. The van der Waals surface area contributed by atoms with Gasteiger partial charge in [-0.3, -0.25) is 4.79 Å². The Kier molecular flexibility index (Phi) is 8.31. The lowest BCUT2D eigenvalue weighted by atomic mass is 10.1. The maximum absolute atomic E-state index is 11.9. The van der Waals surface area contributed by atoms with E-state index in [1.165, 1.54) is 6.08 Å². The Hall–Kier alpha value is -3.05. The van der Waals surface area contributed by atoms with Gasteiger partial charge in [0.15, 0.2) is 6.61 Å². The minimum Gasteiger partial charge on any atom is -0.490 e. The van der Waals surface area contributed by atoms with Gasteiger partial charge in [0, 0.05) is 11.1 Å². The average Bonchev–Trinajstić information content (AvgIpc) is 2.70. The average molecular weight is 400 g/mol. The van der Waals surface area contributed by atoms with Gasteiger partial charge in [0.05, 0.1) is 6.04 Å². The lowest BCUT2D eigenvalue weighted by molar-refractivity contribution is -0.144. The van der Waals surface area contributed by atoms with Gasteiger partial charge in [-0.05, 0) is 48.4 Å². The first-order chi connectivity index (χ1) is 13.5. The van der Waals surface area contributed by atoms with E-state index >= 15 is 0 Å². The van der Waals surface area contributed by atoms with Crippen LogP contribution in [-0.4, -0.2) is 25.1 Å². The predicted molar refractivity (Wildman–Crippen MR) is 110 cm³/mol. The summed E-state index contributed by atoms with van der Waals surface area (Å²) in [6, 6.07) is 14.1. The van der Waals surface area contributed by atoms with Crippen LogP contribution in [0.5, 0.6) is 5.75 Å². The van der Waals surface area contributed by atoms with Crippen LogP contribution < -0.4 is 10.1 Å². The molecular weight excluding hydrogens is 378 g/mol. The second-order valence-electron chi connectivity index (χ2n) is 5.95. The summed E-state index contributed by atoms with van der Waals surface area (Å²) in [6.07, 6.45) is 4.54. The number of hydrogen-bond acceptors (Lipinski definition) is 4. The quantitative estimate of drug-likeness (QED) is 0.387. The number of rotatable bonds is 9. The minimum absolute atomic E-state index is 0.248. The van der Waals surface area contributed by atoms with E-state index < -0.39 is 11.9 Å². The van der Waals surface area contributed by atoms with Gasteiger partial charge >= 0.3 is 5.97 Å². The molecule has 1 amide bonds. The fraction of sp³-hybridized carbons (Fsp3) is 0.182. The lowest BCUT2D eigenvalue weighted by Gasteiger charge is -2.14. The molecule has 0 aliphatic rings. The van der Waals surface area contributed by atoms with Crippen LogP contribution in [0.25, 0.3) is 6.08 Å². The molecule has 0 aliphatic heterocycles. The molecule has 0 saturated heterocycles. The number of hydrogen-bond donors (Lipinski definition) is 1. The lowest BCUT2D eigenvalue weighted by Crippen LogP contribution is -2.30. The summed E-state index contributed by atoms with van der Waals surface area (Å²) < 4.78 is 10.3. The Bertz CT molecular complexity index is 846. The molecule has 6 heteroatoms. The van der Waals surface area contributed by atoms with Crippen molar-refractivity contribution in [3.8, 4) is 5.75 Å². The van der Waals surface area contributed by atoms with Crippen molar-refractivity contribution in [3.63, 3.8) is 0 Å². The summed E-state index contributed by atoms with van der Waals surface area (Å²) >= 11 is 5.94. The highest BCUT2D eigenvalue weighted by atomic mass is 35.5. The topological polar surface area (TPSA) is 64.6 Å². The number of carbonyl (C=O) groups is 2. The van der Waals surface area contributed by atoms with Crippen molar-refractivity contribution in [3.05, 3.63) is 83.4 Å². The number of halogens is 1. The molecule has 0 aliphatic carbocycles. The maximum Gasteiger partial charge on any atom is 0.331 e. The molecule has 0 aromatic heterocycles. The Morgan fingerprint density at radius 1 is 1.21 bits per heavy atom. The molecule has 0 spiro atoms. The molecule has 1 atom stereocenters. The Labute approximate surface area is 169 Å². The third-order valence-corrected chi connectivity index (χ3v) is 3.97. The van der Waals surface area contributed by atoms with Crippen LogP contribution in [0.15, 0.2) is 67.3 Å². The fourth-order valence-electron chi connectivity index (χ4n) is 2.32. The van der Waals surface area contributed by atoms with Gasteiger partial charge < -0.3 is 14.8 Å². The van der Waals surface area contributed by atoms with Crippen molar-refractivity contribution in [1.29, 1.82) is 0 Å². The number of nitrogens with one attached hydrogen (secondary N) is 1. The summed E-state index contributed by atoms with van der Waals surface area (Å²) in [5.41, 5.74) is 1.68. The highest BCUT2D eigenvalue weighted by Gasteiger charge is 2.11. The molecule has 28 heavy (non-hydrogen) atoms. The predicted octanol–water partition coefficient (Wildman–Crippen LogP) is 4.34. The Morgan fingerprint density at radius 3 is 2.64 bits per heavy atom. The summed E-state index contributed by atoms with van der Waals surface area (Å²) in [5, 5.41) is 3.35. The first kappa shape index (κ1) is 21.3. The third-order valence-electron chi connectivity index (χ3n) is 3.73. The first-order valence-corrected chi connectivity index (χ1v) is 9.09. The third kappa shape index (κ3) is 7.29. The smallest absolute Gasteiger partial charge is 0.331 e. The van der Waals surface area contributed by atoms with Crippen LogP contribution in [0.1, 0.15) is 24.1 Å². The van der Waals surface area contributed by atoms with Gasteiger partial charge in [-0.15, -0.1) is 0 Å². The summed E-state index contributed by atoms with van der Waals surface area (Å²) in [4.78, 5) is 23.7. The largest absolute Gasteiger partial charge is 0.490 e. The monoisotopic (exact) mass is 399 g/mol. The molecule has 5 nitrogen and oxygen atoms in total. The van der Waals surface area contributed by atoms with Gasteiger partial charge in [-0.2, -0.15) is 0 Å². The number of benzene rings is 2. The van der Waals surface area contributed by atoms with E-state index in [9.17, 15) is 9.59 Å². The summed E-state index contributed by atoms with van der Waals surface area (Å²) in [5.74, 6) is -0.277. The van der Waals surface area contributed by atoms with E-state index in [2.05, 4.69) is 11.9 Å². The Morgan fingerprint density at radius 2 is 1.96 bits per heavy atom. The zero-order chi connectivity index (χ0) is 20.4. The van der Waals surface area contributed by atoms with Crippen molar-refractivity contribution in [2.24, 2.45) is 0 Å². The van der Waals surface area contributed by atoms with Crippen LogP contribution in [0.4, 0.5) is 0 Å². The van der Waals surface area contributed by atoms with Gasteiger partial charge in [-0.1, -0.05) is 48.5 Å². The maximum atomic E-state index is 11.9. The van der Waals surface area contributed by atoms with Gasteiger partial charge in [0.2, 0.25) is 0 Å². The van der Waals surface area contributed by atoms with Gasteiger partial charge in [0.1, 0.15) is 12.4 Å². The molecular formula is C22H22ClNO4. The second-order valence-corrected chi connectivity index (χ2v) is 6.39.